The average molecular weight is 291 g/mol. The predicted octanol–water partition coefficient (Wildman–Crippen LogP) is 0.662. The summed E-state index contributed by atoms with van der Waals surface area (Å²) >= 11 is 0. The van der Waals surface area contributed by atoms with E-state index in [-0.39, 0.29) is 11.5 Å². The van der Waals surface area contributed by atoms with Gasteiger partial charge in [-0.25, -0.2) is 14.3 Å². The van der Waals surface area contributed by atoms with Gasteiger partial charge in [0.1, 0.15) is 12.4 Å². The molecule has 0 spiro atoms. The van der Waals surface area contributed by atoms with Crippen LogP contribution in [-0.2, 0) is 4.79 Å². The average Bonchev–Trinajstić information content (AvgIpc) is 2.86. The van der Waals surface area contributed by atoms with Crippen molar-refractivity contribution in [2.75, 3.05) is 0 Å². The van der Waals surface area contributed by atoms with Gasteiger partial charge in [0.2, 0.25) is 0 Å². The molecule has 2 N–H and O–H groups in total. The van der Waals surface area contributed by atoms with Gasteiger partial charge in [0.05, 0.1) is 11.3 Å². The molecule has 0 saturated heterocycles. The Balaban J connectivity index is 2.25. The summed E-state index contributed by atoms with van der Waals surface area (Å²) in [5.74, 6) is -0.987. The maximum atomic E-state index is 12.3. The van der Waals surface area contributed by atoms with Crippen LogP contribution in [0.4, 0.5) is 0 Å². The highest BCUT2D eigenvalue weighted by atomic mass is 16.4. The van der Waals surface area contributed by atoms with Gasteiger partial charge in [-0.3, -0.25) is 4.79 Å². The van der Waals surface area contributed by atoms with Crippen molar-refractivity contribution >= 4 is 17.7 Å². The molecule has 1 amide bonds. The van der Waals surface area contributed by atoms with E-state index in [9.17, 15) is 9.59 Å². The third kappa shape index (κ3) is 3.15. The van der Waals surface area contributed by atoms with Crippen LogP contribution in [-0.4, -0.2) is 42.6 Å². The Kier molecular flexibility index (Phi) is 4.15. The second kappa shape index (κ2) is 5.86. The van der Waals surface area contributed by atoms with Crippen molar-refractivity contribution in [3.05, 3.63) is 23.8 Å². The fraction of sp³-hybridized carbons (Fsp3) is 0.462. The van der Waals surface area contributed by atoms with Gasteiger partial charge in [-0.15, -0.1) is 0 Å². The third-order valence-corrected chi connectivity index (χ3v) is 3.10. The Morgan fingerprint density at radius 1 is 1.38 bits per heavy atom. The maximum absolute atomic E-state index is 12.3. The van der Waals surface area contributed by atoms with Gasteiger partial charge in [-0.2, -0.15) is 10.1 Å². The number of carboxylic acid groups (broad SMARTS) is 1. The SMILES string of the molecule is Cc1c(C(=O)NC(CC(C)C)C(=O)O)cnc2ncnn12. The molecule has 8 heteroatoms. The summed E-state index contributed by atoms with van der Waals surface area (Å²) in [6, 6.07) is -0.927. The van der Waals surface area contributed by atoms with Crippen molar-refractivity contribution in [1.82, 2.24) is 24.9 Å². The fourth-order valence-corrected chi connectivity index (χ4v) is 2.04. The molecule has 2 heterocycles. The van der Waals surface area contributed by atoms with Crippen molar-refractivity contribution in [2.45, 2.75) is 33.2 Å². The number of carbonyl (C=O) groups excluding carboxylic acids is 1. The first-order chi connectivity index (χ1) is 9.90. The molecular formula is C13H17N5O3. The van der Waals surface area contributed by atoms with Crippen molar-refractivity contribution in [2.24, 2.45) is 5.92 Å². The molecule has 2 aromatic heterocycles. The second-order valence-electron chi connectivity index (χ2n) is 5.22. The normalized spacial score (nSPS) is 12.6. The van der Waals surface area contributed by atoms with Crippen LogP contribution in [0.15, 0.2) is 12.5 Å². The van der Waals surface area contributed by atoms with Crippen molar-refractivity contribution in [3.63, 3.8) is 0 Å². The summed E-state index contributed by atoms with van der Waals surface area (Å²) in [5.41, 5.74) is 0.840. The highest BCUT2D eigenvalue weighted by molar-refractivity contribution is 5.97. The van der Waals surface area contributed by atoms with Crippen LogP contribution in [0.2, 0.25) is 0 Å². The van der Waals surface area contributed by atoms with E-state index in [1.54, 1.807) is 6.92 Å². The minimum atomic E-state index is -1.05. The number of fused-ring (bicyclic) bond motifs is 1. The summed E-state index contributed by atoms with van der Waals surface area (Å²) in [6.07, 6.45) is 3.08. The Bertz CT molecular complexity index is 679. The van der Waals surface area contributed by atoms with Crippen LogP contribution >= 0.6 is 0 Å². The van der Waals surface area contributed by atoms with Gasteiger partial charge in [0.15, 0.2) is 0 Å². The smallest absolute Gasteiger partial charge is 0.326 e. The van der Waals surface area contributed by atoms with E-state index < -0.39 is 17.9 Å². The molecule has 2 aromatic rings. The lowest BCUT2D eigenvalue weighted by Crippen LogP contribution is -2.42. The van der Waals surface area contributed by atoms with Gasteiger partial charge in [-0.1, -0.05) is 13.8 Å². The molecular weight excluding hydrogens is 274 g/mol. The van der Waals surface area contributed by atoms with E-state index in [0.29, 0.717) is 17.9 Å². The molecule has 1 unspecified atom stereocenters. The molecule has 0 aromatic carbocycles. The van der Waals surface area contributed by atoms with Gasteiger partial charge in [0.25, 0.3) is 11.7 Å². The summed E-state index contributed by atoms with van der Waals surface area (Å²) in [6.45, 7) is 5.50. The molecule has 112 valence electrons. The van der Waals surface area contributed by atoms with Gasteiger partial charge in [-0.05, 0) is 19.3 Å². The number of aryl methyl sites for hydroxylation is 1. The van der Waals surface area contributed by atoms with Crippen molar-refractivity contribution in [1.29, 1.82) is 0 Å². The quantitative estimate of drug-likeness (QED) is 0.837. The van der Waals surface area contributed by atoms with Crippen LogP contribution in [0.3, 0.4) is 0 Å². The summed E-state index contributed by atoms with van der Waals surface area (Å²) in [4.78, 5) is 31.4. The lowest BCUT2D eigenvalue weighted by atomic mass is 10.0. The van der Waals surface area contributed by atoms with Crippen LogP contribution in [0.1, 0.15) is 36.3 Å². The molecule has 0 fully saturated rings. The topological polar surface area (TPSA) is 109 Å². The molecule has 0 aliphatic carbocycles. The maximum Gasteiger partial charge on any atom is 0.326 e. The number of carbonyl (C=O) groups is 2. The minimum absolute atomic E-state index is 0.156. The molecule has 0 bridgehead atoms. The van der Waals surface area contributed by atoms with Crippen molar-refractivity contribution in [3.8, 4) is 0 Å². The monoisotopic (exact) mass is 291 g/mol. The first-order valence-electron chi connectivity index (χ1n) is 6.59. The Morgan fingerprint density at radius 3 is 2.71 bits per heavy atom. The third-order valence-electron chi connectivity index (χ3n) is 3.10. The van der Waals surface area contributed by atoms with E-state index in [1.807, 2.05) is 13.8 Å². The standard InChI is InChI=1S/C13H17N5O3/c1-7(2)4-10(12(20)21)17-11(19)9-5-14-13-15-6-16-18(13)8(9)3/h5-7,10H,4H2,1-3H3,(H,17,19)(H,20,21). The van der Waals surface area contributed by atoms with Gasteiger partial charge < -0.3 is 10.4 Å². The van der Waals surface area contributed by atoms with E-state index in [2.05, 4.69) is 20.4 Å². The summed E-state index contributed by atoms with van der Waals surface area (Å²) in [5, 5.41) is 15.7. The first-order valence-corrected chi connectivity index (χ1v) is 6.59. The largest absolute Gasteiger partial charge is 0.480 e. The molecule has 8 nitrogen and oxygen atoms in total. The van der Waals surface area contributed by atoms with Gasteiger partial charge in [0, 0.05) is 6.20 Å². The lowest BCUT2D eigenvalue weighted by Gasteiger charge is -2.17. The molecule has 0 saturated carbocycles. The number of carboxylic acids is 1. The number of hydrogen-bond donors (Lipinski definition) is 2. The Labute approximate surface area is 121 Å². The number of aliphatic carboxylic acids is 1. The number of hydrogen-bond acceptors (Lipinski definition) is 5. The number of amides is 1. The molecule has 0 aliphatic rings. The molecule has 0 aliphatic heterocycles. The zero-order chi connectivity index (χ0) is 15.6. The fourth-order valence-electron chi connectivity index (χ4n) is 2.04. The number of rotatable bonds is 5. The minimum Gasteiger partial charge on any atom is -0.480 e. The lowest BCUT2D eigenvalue weighted by molar-refractivity contribution is -0.139. The van der Waals surface area contributed by atoms with Gasteiger partial charge >= 0.3 is 5.97 Å². The van der Waals surface area contributed by atoms with E-state index >= 15 is 0 Å². The van der Waals surface area contributed by atoms with Crippen LogP contribution in [0.25, 0.3) is 5.78 Å². The first kappa shape index (κ1) is 14.9. The van der Waals surface area contributed by atoms with Crippen LogP contribution < -0.4 is 5.32 Å². The number of nitrogens with zero attached hydrogens (tertiary/aromatic N) is 4. The summed E-state index contributed by atoms with van der Waals surface area (Å²) < 4.78 is 1.44. The van der Waals surface area contributed by atoms with E-state index in [1.165, 1.54) is 17.0 Å². The molecule has 21 heavy (non-hydrogen) atoms. The van der Waals surface area contributed by atoms with E-state index in [4.69, 9.17) is 5.11 Å². The second-order valence-corrected chi connectivity index (χ2v) is 5.22. The predicted molar refractivity (Wildman–Crippen MR) is 73.9 cm³/mol. The Hall–Kier alpha value is -2.51. The van der Waals surface area contributed by atoms with E-state index in [0.717, 1.165) is 0 Å². The highest BCUT2D eigenvalue weighted by Crippen LogP contribution is 2.10. The molecule has 0 radical (unpaired) electrons. The molecule has 1 atom stereocenters. The number of nitrogens with one attached hydrogen (secondary N) is 1. The molecule has 2 rings (SSSR count). The van der Waals surface area contributed by atoms with Crippen molar-refractivity contribution < 1.29 is 14.7 Å². The zero-order valence-electron chi connectivity index (χ0n) is 12.1. The highest BCUT2D eigenvalue weighted by Gasteiger charge is 2.23. The van der Waals surface area contributed by atoms with Crippen LogP contribution in [0, 0.1) is 12.8 Å². The summed E-state index contributed by atoms with van der Waals surface area (Å²) in [7, 11) is 0. The van der Waals surface area contributed by atoms with Crippen LogP contribution in [0.5, 0.6) is 0 Å². The zero-order valence-corrected chi connectivity index (χ0v) is 12.1. The number of aromatic nitrogens is 4. The Morgan fingerprint density at radius 2 is 2.10 bits per heavy atom.